The standard InChI is InChI=1S/C22H16N2O8/c25-17(11-3-5-13-15(9-11)21(29)31-19(13)27)23-7-1-2-8-24-18(26)12-4-6-14-16(10-12)22(30)32-20(14)28/h3-6,9-10H,1-2,7-8H2,(H,23,25)(H,24,26). The van der Waals surface area contributed by atoms with Crippen LogP contribution in [0.3, 0.4) is 0 Å². The molecule has 0 unspecified atom stereocenters. The molecule has 32 heavy (non-hydrogen) atoms. The van der Waals surface area contributed by atoms with Gasteiger partial charge in [-0.05, 0) is 49.2 Å². The molecular weight excluding hydrogens is 420 g/mol. The number of ether oxygens (including phenoxy) is 2. The molecule has 0 aromatic heterocycles. The first-order valence-electron chi connectivity index (χ1n) is 9.72. The van der Waals surface area contributed by atoms with Gasteiger partial charge in [0.05, 0.1) is 22.3 Å². The lowest BCUT2D eigenvalue weighted by molar-refractivity contribution is 0.0425. The van der Waals surface area contributed by atoms with Crippen LogP contribution in [0.1, 0.15) is 75.0 Å². The van der Waals surface area contributed by atoms with E-state index in [-0.39, 0.29) is 33.4 Å². The van der Waals surface area contributed by atoms with Crippen LogP contribution in [0.2, 0.25) is 0 Å². The highest BCUT2D eigenvalue weighted by Gasteiger charge is 2.31. The second kappa shape index (κ2) is 8.42. The largest absolute Gasteiger partial charge is 0.386 e. The van der Waals surface area contributed by atoms with Crippen molar-refractivity contribution < 1.29 is 38.2 Å². The van der Waals surface area contributed by atoms with Crippen molar-refractivity contribution in [2.24, 2.45) is 0 Å². The summed E-state index contributed by atoms with van der Waals surface area (Å²) in [6.07, 6.45) is 1.14. The summed E-state index contributed by atoms with van der Waals surface area (Å²) in [6, 6.07) is 8.27. The van der Waals surface area contributed by atoms with Gasteiger partial charge in [-0.2, -0.15) is 0 Å². The number of benzene rings is 2. The van der Waals surface area contributed by atoms with Crippen molar-refractivity contribution in [3.8, 4) is 0 Å². The molecule has 4 rings (SSSR count). The molecule has 2 amide bonds. The van der Waals surface area contributed by atoms with Crippen molar-refractivity contribution >= 4 is 35.7 Å². The minimum absolute atomic E-state index is 0.0644. The van der Waals surface area contributed by atoms with Crippen LogP contribution in [-0.4, -0.2) is 48.8 Å². The van der Waals surface area contributed by atoms with Gasteiger partial charge in [0.25, 0.3) is 11.8 Å². The van der Waals surface area contributed by atoms with Crippen molar-refractivity contribution in [1.82, 2.24) is 10.6 Å². The summed E-state index contributed by atoms with van der Waals surface area (Å²) in [5.41, 5.74) is 0.863. The smallest absolute Gasteiger partial charge is 0.346 e. The number of carbonyl (C=O) groups excluding carboxylic acids is 6. The molecule has 0 radical (unpaired) electrons. The number of unbranched alkanes of at least 4 members (excludes halogenated alkanes) is 1. The van der Waals surface area contributed by atoms with Gasteiger partial charge in [-0.25, -0.2) is 19.2 Å². The van der Waals surface area contributed by atoms with Crippen LogP contribution >= 0.6 is 0 Å². The van der Waals surface area contributed by atoms with Gasteiger partial charge in [0.15, 0.2) is 0 Å². The normalized spacial score (nSPS) is 13.9. The van der Waals surface area contributed by atoms with E-state index in [4.69, 9.17) is 0 Å². The summed E-state index contributed by atoms with van der Waals surface area (Å²) < 4.78 is 8.99. The summed E-state index contributed by atoms with van der Waals surface area (Å²) in [7, 11) is 0. The predicted octanol–water partition coefficient (Wildman–Crippen LogP) is 1.25. The van der Waals surface area contributed by atoms with Crippen LogP contribution in [0.15, 0.2) is 36.4 Å². The number of nitrogens with one attached hydrogen (secondary N) is 2. The number of fused-ring (bicyclic) bond motifs is 2. The van der Waals surface area contributed by atoms with Crippen LogP contribution in [-0.2, 0) is 9.47 Å². The maximum atomic E-state index is 12.2. The van der Waals surface area contributed by atoms with Gasteiger partial charge in [0, 0.05) is 24.2 Å². The van der Waals surface area contributed by atoms with Crippen LogP contribution in [0.4, 0.5) is 0 Å². The number of hydrogen-bond acceptors (Lipinski definition) is 8. The Morgan fingerprint density at radius 2 is 0.969 bits per heavy atom. The number of amides is 2. The molecular formula is C22H16N2O8. The zero-order chi connectivity index (χ0) is 22.8. The lowest BCUT2D eigenvalue weighted by Gasteiger charge is -2.07. The Kier molecular flexibility index (Phi) is 5.50. The minimum Gasteiger partial charge on any atom is -0.386 e. The highest BCUT2D eigenvalue weighted by Crippen LogP contribution is 2.22. The molecule has 10 nitrogen and oxygen atoms in total. The number of cyclic esters (lactones) is 4. The van der Waals surface area contributed by atoms with E-state index < -0.39 is 35.7 Å². The van der Waals surface area contributed by atoms with E-state index in [1.807, 2.05) is 0 Å². The molecule has 0 atom stereocenters. The van der Waals surface area contributed by atoms with Crippen molar-refractivity contribution in [2.75, 3.05) is 13.1 Å². The zero-order valence-corrected chi connectivity index (χ0v) is 16.6. The summed E-state index contributed by atoms with van der Waals surface area (Å²) in [6.45, 7) is 0.671. The first kappa shape index (κ1) is 20.9. The van der Waals surface area contributed by atoms with E-state index in [1.54, 1.807) is 0 Å². The highest BCUT2D eigenvalue weighted by molar-refractivity contribution is 6.16. The Hall–Kier alpha value is -4.34. The van der Waals surface area contributed by atoms with Crippen LogP contribution < -0.4 is 10.6 Å². The Morgan fingerprint density at radius 1 is 0.594 bits per heavy atom. The molecule has 2 aliphatic heterocycles. The molecule has 2 aliphatic rings. The molecule has 2 heterocycles. The predicted molar refractivity (Wildman–Crippen MR) is 106 cm³/mol. The minimum atomic E-state index is -0.776. The van der Waals surface area contributed by atoms with E-state index >= 15 is 0 Å². The van der Waals surface area contributed by atoms with Gasteiger partial charge in [-0.3, -0.25) is 9.59 Å². The van der Waals surface area contributed by atoms with Gasteiger partial charge in [0.2, 0.25) is 0 Å². The monoisotopic (exact) mass is 436 g/mol. The summed E-state index contributed by atoms with van der Waals surface area (Å²) in [5, 5.41) is 5.40. The molecule has 10 heteroatoms. The van der Waals surface area contributed by atoms with Crippen molar-refractivity contribution in [2.45, 2.75) is 12.8 Å². The van der Waals surface area contributed by atoms with E-state index in [0.29, 0.717) is 25.9 Å². The van der Waals surface area contributed by atoms with Gasteiger partial charge in [-0.1, -0.05) is 0 Å². The molecule has 2 aromatic carbocycles. The fourth-order valence-corrected chi connectivity index (χ4v) is 3.31. The summed E-state index contributed by atoms with van der Waals surface area (Å²) in [5.74, 6) is -3.81. The van der Waals surface area contributed by atoms with E-state index in [9.17, 15) is 28.8 Å². The Labute approximate surface area is 180 Å². The van der Waals surface area contributed by atoms with Crippen LogP contribution in [0.25, 0.3) is 0 Å². The van der Waals surface area contributed by atoms with Gasteiger partial charge >= 0.3 is 23.9 Å². The van der Waals surface area contributed by atoms with E-state index in [0.717, 1.165) is 0 Å². The number of rotatable bonds is 7. The van der Waals surface area contributed by atoms with Gasteiger partial charge in [0.1, 0.15) is 0 Å². The molecule has 2 N–H and O–H groups in total. The number of esters is 4. The SMILES string of the molecule is O=C(NCCCCNC(=O)c1ccc2c(c1)C(=O)OC2=O)c1ccc2c(c1)C(=O)OC2=O. The Bertz CT molecular complexity index is 1110. The highest BCUT2D eigenvalue weighted by atomic mass is 16.6. The maximum absolute atomic E-state index is 12.2. The average molecular weight is 436 g/mol. The average Bonchev–Trinajstić information content (AvgIpc) is 3.24. The van der Waals surface area contributed by atoms with Gasteiger partial charge in [-0.15, -0.1) is 0 Å². The number of hydrogen-bond donors (Lipinski definition) is 2. The lowest BCUT2D eigenvalue weighted by Crippen LogP contribution is -2.27. The molecule has 0 saturated carbocycles. The molecule has 0 saturated heterocycles. The lowest BCUT2D eigenvalue weighted by atomic mass is 10.1. The molecule has 162 valence electrons. The molecule has 0 aliphatic carbocycles. The van der Waals surface area contributed by atoms with E-state index in [2.05, 4.69) is 20.1 Å². The Balaban J connectivity index is 1.20. The van der Waals surface area contributed by atoms with Crippen LogP contribution in [0.5, 0.6) is 0 Å². The molecule has 2 aromatic rings. The third-order valence-electron chi connectivity index (χ3n) is 4.99. The van der Waals surface area contributed by atoms with E-state index in [1.165, 1.54) is 36.4 Å². The fraction of sp³-hybridized carbons (Fsp3) is 0.182. The Morgan fingerprint density at radius 3 is 1.38 bits per heavy atom. The molecule has 0 bridgehead atoms. The van der Waals surface area contributed by atoms with Crippen molar-refractivity contribution in [1.29, 1.82) is 0 Å². The summed E-state index contributed by atoms with van der Waals surface area (Å²) >= 11 is 0. The fourth-order valence-electron chi connectivity index (χ4n) is 3.31. The quantitative estimate of drug-likeness (QED) is 0.375. The van der Waals surface area contributed by atoms with Crippen LogP contribution in [0, 0.1) is 0 Å². The maximum Gasteiger partial charge on any atom is 0.346 e. The third kappa shape index (κ3) is 3.97. The first-order valence-corrected chi connectivity index (χ1v) is 9.72. The first-order chi connectivity index (χ1) is 15.3. The van der Waals surface area contributed by atoms with Gasteiger partial charge < -0.3 is 20.1 Å². The van der Waals surface area contributed by atoms with Crippen molar-refractivity contribution in [3.63, 3.8) is 0 Å². The van der Waals surface area contributed by atoms with Crippen molar-refractivity contribution in [3.05, 3.63) is 69.8 Å². The second-order valence-corrected chi connectivity index (χ2v) is 7.09. The topological polar surface area (TPSA) is 145 Å². The molecule has 0 spiro atoms. The molecule has 0 fully saturated rings. The second-order valence-electron chi connectivity index (χ2n) is 7.09. The number of carbonyl (C=O) groups is 6. The zero-order valence-electron chi connectivity index (χ0n) is 16.6. The third-order valence-corrected chi connectivity index (χ3v) is 4.99. The summed E-state index contributed by atoms with van der Waals surface area (Å²) in [4.78, 5) is 70.5.